The molecule has 0 aromatic heterocycles. The van der Waals surface area contributed by atoms with Gasteiger partial charge in [0.15, 0.2) is 0 Å². The molecule has 3 rings (SSSR count). The zero-order valence-electron chi connectivity index (χ0n) is 17.8. The van der Waals surface area contributed by atoms with Crippen LogP contribution in [0.25, 0.3) is 0 Å². The van der Waals surface area contributed by atoms with Crippen LogP contribution in [-0.4, -0.2) is 58.2 Å². The molecule has 1 saturated heterocycles. The Morgan fingerprint density at radius 2 is 1.74 bits per heavy atom. The number of ether oxygens (including phenoxy) is 1. The van der Waals surface area contributed by atoms with Gasteiger partial charge in [-0.05, 0) is 50.4 Å². The number of piperidine rings is 1. The molecule has 1 heterocycles. The lowest BCUT2D eigenvalue weighted by Gasteiger charge is -2.24. The Morgan fingerprint density at radius 3 is 2.35 bits per heavy atom. The monoisotopic (exact) mass is 444 g/mol. The molecule has 8 nitrogen and oxygen atoms in total. The minimum atomic E-state index is -3.97. The van der Waals surface area contributed by atoms with Crippen LogP contribution in [0.4, 0.5) is 5.69 Å². The van der Waals surface area contributed by atoms with Crippen LogP contribution in [0.2, 0.25) is 0 Å². The number of carbonyl (C=O) groups excluding carboxylic acids is 1. The van der Waals surface area contributed by atoms with Gasteiger partial charge in [-0.1, -0.05) is 18.2 Å². The SMILES string of the molecule is CCOc1ccc(S(=O)(=O)N(CC(=O)NN=C2CCN(C)CC2)c2ccccc2)cc1. The highest BCUT2D eigenvalue weighted by Crippen LogP contribution is 2.25. The van der Waals surface area contributed by atoms with Crippen molar-refractivity contribution in [2.45, 2.75) is 24.7 Å². The first-order valence-corrected chi connectivity index (χ1v) is 11.7. The van der Waals surface area contributed by atoms with E-state index in [-0.39, 0.29) is 11.4 Å². The summed E-state index contributed by atoms with van der Waals surface area (Å²) in [5.74, 6) is 0.0872. The Morgan fingerprint density at radius 1 is 1.10 bits per heavy atom. The molecule has 1 N–H and O–H groups in total. The summed E-state index contributed by atoms with van der Waals surface area (Å²) < 4.78 is 33.2. The van der Waals surface area contributed by atoms with Crippen molar-refractivity contribution in [2.75, 3.05) is 37.6 Å². The first-order chi connectivity index (χ1) is 14.9. The summed E-state index contributed by atoms with van der Waals surface area (Å²) in [7, 11) is -1.93. The van der Waals surface area contributed by atoms with Crippen molar-refractivity contribution in [3.8, 4) is 5.75 Å². The Balaban J connectivity index is 1.80. The molecule has 0 spiro atoms. The number of likely N-dealkylation sites (tertiary alicyclic amines) is 1. The minimum absolute atomic E-state index is 0.0780. The summed E-state index contributed by atoms with van der Waals surface area (Å²) in [5, 5.41) is 4.20. The van der Waals surface area contributed by atoms with E-state index in [2.05, 4.69) is 15.4 Å². The molecule has 166 valence electrons. The average Bonchev–Trinajstić information content (AvgIpc) is 2.78. The summed E-state index contributed by atoms with van der Waals surface area (Å²) in [6.07, 6.45) is 1.56. The van der Waals surface area contributed by atoms with Gasteiger partial charge in [0.05, 0.1) is 17.2 Å². The van der Waals surface area contributed by atoms with Crippen LogP contribution in [-0.2, 0) is 14.8 Å². The topological polar surface area (TPSA) is 91.3 Å². The number of carbonyl (C=O) groups is 1. The molecule has 31 heavy (non-hydrogen) atoms. The highest BCUT2D eigenvalue weighted by atomic mass is 32.2. The molecule has 0 unspecified atom stereocenters. The highest BCUT2D eigenvalue weighted by molar-refractivity contribution is 7.92. The number of para-hydroxylation sites is 1. The van der Waals surface area contributed by atoms with Gasteiger partial charge in [-0.2, -0.15) is 5.10 Å². The minimum Gasteiger partial charge on any atom is -0.494 e. The number of hydrazone groups is 1. The summed E-state index contributed by atoms with van der Waals surface area (Å²) in [5.41, 5.74) is 3.83. The zero-order valence-corrected chi connectivity index (χ0v) is 18.6. The lowest BCUT2D eigenvalue weighted by molar-refractivity contribution is -0.119. The van der Waals surface area contributed by atoms with E-state index in [0.717, 1.165) is 35.9 Å². The van der Waals surface area contributed by atoms with Crippen LogP contribution in [0.1, 0.15) is 19.8 Å². The maximum Gasteiger partial charge on any atom is 0.264 e. The molecule has 0 atom stereocenters. The van der Waals surface area contributed by atoms with Gasteiger partial charge in [0.1, 0.15) is 12.3 Å². The van der Waals surface area contributed by atoms with Crippen molar-refractivity contribution in [3.05, 3.63) is 54.6 Å². The fraction of sp³-hybridized carbons (Fsp3) is 0.364. The number of benzene rings is 2. The Bertz CT molecular complexity index is 998. The van der Waals surface area contributed by atoms with Crippen LogP contribution < -0.4 is 14.5 Å². The third-order valence-electron chi connectivity index (χ3n) is 4.96. The third kappa shape index (κ3) is 6.05. The summed E-state index contributed by atoms with van der Waals surface area (Å²) in [6, 6.07) is 14.7. The van der Waals surface area contributed by atoms with Gasteiger partial charge in [0, 0.05) is 31.6 Å². The van der Waals surface area contributed by atoms with Crippen LogP contribution >= 0.6 is 0 Å². The number of rotatable bonds is 8. The van der Waals surface area contributed by atoms with Gasteiger partial charge in [0.25, 0.3) is 15.9 Å². The van der Waals surface area contributed by atoms with E-state index < -0.39 is 15.9 Å². The Hall–Kier alpha value is -2.91. The van der Waals surface area contributed by atoms with E-state index in [1.165, 1.54) is 12.1 Å². The Labute approximate surface area is 183 Å². The molecule has 0 bridgehead atoms. The van der Waals surface area contributed by atoms with Crippen molar-refractivity contribution in [1.29, 1.82) is 0 Å². The first kappa shape index (κ1) is 22.8. The van der Waals surface area contributed by atoms with E-state index in [9.17, 15) is 13.2 Å². The molecule has 1 aliphatic heterocycles. The van der Waals surface area contributed by atoms with Gasteiger partial charge in [-0.15, -0.1) is 0 Å². The standard InChI is InChI=1S/C22H28N4O4S/c1-3-30-20-9-11-21(12-10-20)31(28,29)26(19-7-5-4-6-8-19)17-22(27)24-23-18-13-15-25(2)16-14-18/h4-12H,3,13-17H2,1-2H3,(H,24,27). The van der Waals surface area contributed by atoms with Gasteiger partial charge < -0.3 is 9.64 Å². The quantitative estimate of drug-likeness (QED) is 0.632. The molecule has 1 amide bonds. The molecule has 0 radical (unpaired) electrons. The average molecular weight is 445 g/mol. The molecular weight excluding hydrogens is 416 g/mol. The number of sulfonamides is 1. The second kappa shape index (κ2) is 10.4. The molecule has 2 aromatic carbocycles. The fourth-order valence-electron chi connectivity index (χ4n) is 3.21. The maximum absolute atomic E-state index is 13.3. The second-order valence-electron chi connectivity index (χ2n) is 7.27. The van der Waals surface area contributed by atoms with Gasteiger partial charge >= 0.3 is 0 Å². The highest BCUT2D eigenvalue weighted by Gasteiger charge is 2.27. The lowest BCUT2D eigenvalue weighted by atomic mass is 10.1. The second-order valence-corrected chi connectivity index (χ2v) is 9.13. The number of hydrogen-bond donors (Lipinski definition) is 1. The summed E-state index contributed by atoms with van der Waals surface area (Å²) >= 11 is 0. The van der Waals surface area contributed by atoms with Crippen molar-refractivity contribution >= 4 is 27.3 Å². The molecule has 0 aliphatic carbocycles. The first-order valence-electron chi connectivity index (χ1n) is 10.2. The van der Waals surface area contributed by atoms with E-state index in [1.807, 2.05) is 14.0 Å². The van der Waals surface area contributed by atoms with Gasteiger partial charge in [-0.3, -0.25) is 9.10 Å². The van der Waals surface area contributed by atoms with Crippen LogP contribution in [0.5, 0.6) is 5.75 Å². The number of hydrogen-bond acceptors (Lipinski definition) is 6. The number of anilines is 1. The van der Waals surface area contributed by atoms with Crippen LogP contribution in [0.15, 0.2) is 64.6 Å². The van der Waals surface area contributed by atoms with Crippen molar-refractivity contribution < 1.29 is 17.9 Å². The zero-order chi connectivity index (χ0) is 22.3. The summed E-state index contributed by atoms with van der Waals surface area (Å²) in [6.45, 7) is 3.74. The molecule has 1 aliphatic rings. The predicted molar refractivity (Wildman–Crippen MR) is 121 cm³/mol. The molecule has 2 aromatic rings. The third-order valence-corrected chi connectivity index (χ3v) is 6.75. The maximum atomic E-state index is 13.3. The van der Waals surface area contributed by atoms with Crippen molar-refractivity contribution in [3.63, 3.8) is 0 Å². The predicted octanol–water partition coefficient (Wildman–Crippen LogP) is 2.48. The molecule has 0 saturated carbocycles. The normalized spacial score (nSPS) is 14.7. The number of amides is 1. The van der Waals surface area contributed by atoms with Crippen LogP contribution in [0.3, 0.4) is 0 Å². The largest absolute Gasteiger partial charge is 0.494 e. The van der Waals surface area contributed by atoms with Gasteiger partial charge in [0.2, 0.25) is 0 Å². The molecular formula is C22H28N4O4S. The molecule has 9 heteroatoms. The Kier molecular flexibility index (Phi) is 7.64. The summed E-state index contributed by atoms with van der Waals surface area (Å²) in [4.78, 5) is 14.9. The van der Waals surface area contributed by atoms with Gasteiger partial charge in [-0.25, -0.2) is 13.8 Å². The smallest absolute Gasteiger partial charge is 0.264 e. The molecule has 1 fully saturated rings. The number of nitrogens with zero attached hydrogens (tertiary/aromatic N) is 3. The number of nitrogens with one attached hydrogen (secondary N) is 1. The van der Waals surface area contributed by atoms with E-state index in [1.54, 1.807) is 42.5 Å². The van der Waals surface area contributed by atoms with Crippen LogP contribution in [0, 0.1) is 0 Å². The van der Waals surface area contributed by atoms with Crippen molar-refractivity contribution in [1.82, 2.24) is 10.3 Å². The lowest BCUT2D eigenvalue weighted by Crippen LogP contribution is -2.40. The van der Waals surface area contributed by atoms with Crippen molar-refractivity contribution in [2.24, 2.45) is 5.10 Å². The van der Waals surface area contributed by atoms with E-state index in [4.69, 9.17) is 4.74 Å². The van der Waals surface area contributed by atoms with E-state index >= 15 is 0 Å². The van der Waals surface area contributed by atoms with E-state index in [0.29, 0.717) is 18.0 Å². The fourth-order valence-corrected chi connectivity index (χ4v) is 4.63.